The molecule has 2 heterocycles. The third-order valence-corrected chi connectivity index (χ3v) is 5.28. The van der Waals surface area contributed by atoms with Gasteiger partial charge in [0.25, 0.3) is 5.56 Å². The van der Waals surface area contributed by atoms with E-state index >= 15 is 0 Å². The number of hydrogen-bond acceptors (Lipinski definition) is 6. The van der Waals surface area contributed by atoms with Crippen LogP contribution in [0.15, 0.2) is 58.5 Å². The lowest BCUT2D eigenvalue weighted by Gasteiger charge is -2.13. The number of benzene rings is 2. The number of fused-ring (bicyclic) bond motifs is 3. The van der Waals surface area contributed by atoms with Crippen LogP contribution in [0.3, 0.4) is 0 Å². The Bertz CT molecular complexity index is 1330. The van der Waals surface area contributed by atoms with Crippen LogP contribution in [0.25, 0.3) is 22.4 Å². The summed E-state index contributed by atoms with van der Waals surface area (Å²) in [6, 6.07) is 13.7. The van der Waals surface area contributed by atoms with Crippen molar-refractivity contribution >= 4 is 40.4 Å². The van der Waals surface area contributed by atoms with Crippen molar-refractivity contribution in [1.82, 2.24) is 24.5 Å². The predicted octanol–water partition coefficient (Wildman–Crippen LogP) is 1.63. The highest BCUT2D eigenvalue weighted by atomic mass is 32.2. The molecule has 10 heteroatoms. The van der Waals surface area contributed by atoms with Crippen LogP contribution in [0.5, 0.6) is 0 Å². The van der Waals surface area contributed by atoms with Gasteiger partial charge in [-0.2, -0.15) is 0 Å². The fraction of sp³-hybridized carbons (Fsp3) is 0.105. The van der Waals surface area contributed by atoms with Crippen molar-refractivity contribution in [1.29, 1.82) is 0 Å². The zero-order valence-corrected chi connectivity index (χ0v) is 16.1. The maximum atomic E-state index is 13.3. The lowest BCUT2D eigenvalue weighted by molar-refractivity contribution is -0.117. The van der Waals surface area contributed by atoms with E-state index in [1.807, 2.05) is 42.6 Å². The molecule has 4 aromatic rings. The molecule has 146 valence electrons. The standard InChI is InChI=1S/C19H16N6O3S/c1-11-6-2-4-8-13(11)24-16(27)12-7-3-5-9-14(12)25-18(24)22-23-19(25)29-10-15(26)21-17(20)28/h2-9H,10H2,1H3,(H3,20,21,26,28). The second kappa shape index (κ2) is 7.40. The summed E-state index contributed by atoms with van der Waals surface area (Å²) in [4.78, 5) is 35.9. The number of amides is 3. The van der Waals surface area contributed by atoms with Crippen LogP contribution in [0, 0.1) is 6.92 Å². The summed E-state index contributed by atoms with van der Waals surface area (Å²) in [7, 11) is 0. The summed E-state index contributed by atoms with van der Waals surface area (Å²) < 4.78 is 3.24. The molecule has 0 aliphatic carbocycles. The number of thioether (sulfide) groups is 1. The molecular weight excluding hydrogens is 392 g/mol. The van der Waals surface area contributed by atoms with Crippen molar-refractivity contribution in [2.45, 2.75) is 12.1 Å². The first-order valence-corrected chi connectivity index (χ1v) is 9.63. The minimum Gasteiger partial charge on any atom is -0.351 e. The molecule has 9 nitrogen and oxygen atoms in total. The number of aryl methyl sites for hydroxylation is 1. The Morgan fingerprint density at radius 1 is 1.10 bits per heavy atom. The van der Waals surface area contributed by atoms with Crippen molar-refractivity contribution in [3.05, 3.63) is 64.4 Å². The molecule has 0 radical (unpaired) electrons. The number of aromatic nitrogens is 4. The Hall–Kier alpha value is -3.66. The average Bonchev–Trinajstić information content (AvgIpc) is 3.11. The van der Waals surface area contributed by atoms with Gasteiger partial charge in [0.2, 0.25) is 11.7 Å². The molecule has 2 aromatic carbocycles. The summed E-state index contributed by atoms with van der Waals surface area (Å²) in [5.74, 6) is -0.293. The molecule has 0 saturated carbocycles. The van der Waals surface area contributed by atoms with Gasteiger partial charge in [0, 0.05) is 0 Å². The summed E-state index contributed by atoms with van der Waals surface area (Å²) in [5.41, 5.74) is 6.99. The van der Waals surface area contributed by atoms with Gasteiger partial charge in [0.15, 0.2) is 5.16 Å². The topological polar surface area (TPSA) is 124 Å². The van der Waals surface area contributed by atoms with E-state index in [0.29, 0.717) is 27.5 Å². The molecule has 0 spiro atoms. The van der Waals surface area contributed by atoms with Gasteiger partial charge in [-0.05, 0) is 30.7 Å². The highest BCUT2D eigenvalue weighted by Crippen LogP contribution is 2.24. The zero-order chi connectivity index (χ0) is 20.5. The van der Waals surface area contributed by atoms with E-state index in [1.165, 1.54) is 4.57 Å². The normalized spacial score (nSPS) is 11.1. The van der Waals surface area contributed by atoms with E-state index in [4.69, 9.17) is 5.73 Å². The first kappa shape index (κ1) is 18.7. The smallest absolute Gasteiger partial charge is 0.318 e. The van der Waals surface area contributed by atoms with Crippen molar-refractivity contribution < 1.29 is 9.59 Å². The number of carbonyl (C=O) groups excluding carboxylic acids is 2. The maximum absolute atomic E-state index is 13.3. The van der Waals surface area contributed by atoms with Gasteiger partial charge < -0.3 is 5.73 Å². The second-order valence-corrected chi connectivity index (χ2v) is 7.21. The monoisotopic (exact) mass is 408 g/mol. The van der Waals surface area contributed by atoms with Gasteiger partial charge in [-0.15, -0.1) is 10.2 Å². The summed E-state index contributed by atoms with van der Waals surface area (Å²) in [6.45, 7) is 1.91. The van der Waals surface area contributed by atoms with Crippen LogP contribution < -0.4 is 16.6 Å². The van der Waals surface area contributed by atoms with E-state index in [0.717, 1.165) is 17.3 Å². The minimum absolute atomic E-state index is 0.0818. The summed E-state index contributed by atoms with van der Waals surface area (Å²) in [5, 5.41) is 11.3. The fourth-order valence-corrected chi connectivity index (χ4v) is 3.85. The zero-order valence-electron chi connectivity index (χ0n) is 15.3. The van der Waals surface area contributed by atoms with Gasteiger partial charge >= 0.3 is 6.03 Å². The number of nitrogens with two attached hydrogens (primary N) is 1. The largest absolute Gasteiger partial charge is 0.351 e. The van der Waals surface area contributed by atoms with E-state index in [-0.39, 0.29) is 11.3 Å². The van der Waals surface area contributed by atoms with Crippen LogP contribution in [-0.4, -0.2) is 36.9 Å². The third kappa shape index (κ3) is 3.34. The van der Waals surface area contributed by atoms with Crippen LogP contribution in [0.1, 0.15) is 5.56 Å². The number of nitrogens with one attached hydrogen (secondary N) is 1. The van der Waals surface area contributed by atoms with Crippen LogP contribution in [-0.2, 0) is 4.79 Å². The first-order valence-electron chi connectivity index (χ1n) is 8.64. The van der Waals surface area contributed by atoms with E-state index < -0.39 is 11.9 Å². The number of rotatable bonds is 4. The number of hydrogen-bond donors (Lipinski definition) is 2. The van der Waals surface area contributed by atoms with Crippen LogP contribution in [0.4, 0.5) is 4.79 Å². The quantitative estimate of drug-likeness (QED) is 0.495. The Kier molecular flexibility index (Phi) is 4.77. The lowest BCUT2D eigenvalue weighted by Crippen LogP contribution is -2.36. The molecule has 0 fully saturated rings. The van der Waals surface area contributed by atoms with Gasteiger partial charge in [0.1, 0.15) is 0 Å². The molecule has 0 bridgehead atoms. The average molecular weight is 408 g/mol. The van der Waals surface area contributed by atoms with Crippen molar-refractivity contribution in [2.75, 3.05) is 5.75 Å². The number of para-hydroxylation sites is 2. The molecule has 0 aliphatic heterocycles. The minimum atomic E-state index is -0.916. The van der Waals surface area contributed by atoms with E-state index in [1.54, 1.807) is 22.6 Å². The maximum Gasteiger partial charge on any atom is 0.318 e. The molecule has 3 amide bonds. The van der Waals surface area contributed by atoms with E-state index in [2.05, 4.69) is 10.2 Å². The molecule has 0 aliphatic rings. The SMILES string of the molecule is Cc1ccccc1-n1c(=O)c2ccccc2n2c(SCC(=O)NC(N)=O)nnc12. The van der Waals surface area contributed by atoms with Crippen LogP contribution in [0.2, 0.25) is 0 Å². The van der Waals surface area contributed by atoms with Gasteiger partial charge in [-0.25, -0.2) is 9.36 Å². The van der Waals surface area contributed by atoms with Crippen molar-refractivity contribution in [2.24, 2.45) is 5.73 Å². The summed E-state index contributed by atoms with van der Waals surface area (Å²) >= 11 is 1.09. The Balaban J connectivity index is 1.94. The van der Waals surface area contributed by atoms with Gasteiger partial charge in [-0.3, -0.25) is 19.3 Å². The van der Waals surface area contributed by atoms with Crippen molar-refractivity contribution in [3.63, 3.8) is 0 Å². The molecule has 0 unspecified atom stereocenters. The van der Waals surface area contributed by atoms with Gasteiger partial charge in [-0.1, -0.05) is 42.1 Å². The molecule has 0 atom stereocenters. The number of carbonyl (C=O) groups is 2. The fourth-order valence-electron chi connectivity index (χ4n) is 3.11. The number of urea groups is 1. The Morgan fingerprint density at radius 2 is 1.83 bits per heavy atom. The predicted molar refractivity (Wildman–Crippen MR) is 109 cm³/mol. The first-order chi connectivity index (χ1) is 14.0. The number of primary amides is 1. The number of nitrogens with zero attached hydrogens (tertiary/aromatic N) is 4. The number of imide groups is 1. The Labute approximate surface area is 168 Å². The molecular formula is C19H16N6O3S. The Morgan fingerprint density at radius 3 is 2.59 bits per heavy atom. The van der Waals surface area contributed by atoms with Crippen molar-refractivity contribution in [3.8, 4) is 5.69 Å². The molecule has 2 aromatic heterocycles. The molecule has 4 rings (SSSR count). The second-order valence-electron chi connectivity index (χ2n) is 6.26. The molecule has 3 N–H and O–H groups in total. The highest BCUT2D eigenvalue weighted by molar-refractivity contribution is 7.99. The lowest BCUT2D eigenvalue weighted by atomic mass is 10.2. The van der Waals surface area contributed by atoms with E-state index in [9.17, 15) is 14.4 Å². The van der Waals surface area contributed by atoms with Crippen LogP contribution >= 0.6 is 11.8 Å². The molecule has 0 saturated heterocycles. The third-order valence-electron chi connectivity index (χ3n) is 4.35. The van der Waals surface area contributed by atoms with Gasteiger partial charge in [0.05, 0.1) is 22.3 Å². The summed E-state index contributed by atoms with van der Waals surface area (Å²) in [6.07, 6.45) is 0. The molecule has 29 heavy (non-hydrogen) atoms. The highest BCUT2D eigenvalue weighted by Gasteiger charge is 2.19.